The number of aryl methyl sites for hydroxylation is 2. The molecule has 0 aliphatic rings. The van der Waals surface area contributed by atoms with Crippen LogP contribution < -0.4 is 0 Å². The number of benzene rings is 1. The Labute approximate surface area is 102 Å². The zero-order chi connectivity index (χ0) is 12.8. The van der Waals surface area contributed by atoms with Gasteiger partial charge in [-0.2, -0.15) is 0 Å². The molecule has 0 amide bonds. The summed E-state index contributed by atoms with van der Waals surface area (Å²) in [6.07, 6.45) is 1.70. The fourth-order valence-corrected chi connectivity index (χ4v) is 1.58. The van der Waals surface area contributed by atoms with Crippen LogP contribution in [0.4, 0.5) is 4.39 Å². The summed E-state index contributed by atoms with van der Waals surface area (Å²) in [4.78, 5) is 4.09. The highest BCUT2D eigenvalue weighted by atomic mass is 19.1. The van der Waals surface area contributed by atoms with Crippen LogP contribution in [0.3, 0.4) is 0 Å². The largest absolute Gasteiger partial charge is 0.262 e. The molecule has 2 aromatic rings. The van der Waals surface area contributed by atoms with Crippen LogP contribution in [0.25, 0.3) is 11.1 Å². The number of pyridine rings is 1. The molecule has 0 saturated heterocycles. The highest BCUT2D eigenvalue weighted by Gasteiger charge is 2.06. The quantitative estimate of drug-likeness (QED) is 0.702. The summed E-state index contributed by atoms with van der Waals surface area (Å²) in [6.45, 7) is 7.67. The van der Waals surface area contributed by atoms with Crippen molar-refractivity contribution in [1.82, 2.24) is 4.98 Å². The van der Waals surface area contributed by atoms with Crippen LogP contribution in [-0.4, -0.2) is 4.98 Å². The monoisotopic (exact) mass is 231 g/mol. The first-order chi connectivity index (χ1) is 8.18. The number of aromatic nitrogens is 1. The molecule has 0 N–H and O–H groups in total. The van der Waals surface area contributed by atoms with E-state index in [0.29, 0.717) is 11.1 Å². The van der Waals surface area contributed by atoms with Gasteiger partial charge in [0.15, 0.2) is 0 Å². The lowest BCUT2D eigenvalue weighted by Crippen LogP contribution is -1.89. The van der Waals surface area contributed by atoms with Crippen LogP contribution in [-0.2, 0) is 0 Å². The Morgan fingerprint density at radius 2 is 1.76 bits per heavy atom. The van der Waals surface area contributed by atoms with E-state index in [2.05, 4.69) is 4.98 Å². The maximum Gasteiger partial charge on any atom is 0.133 e. The summed E-state index contributed by atoms with van der Waals surface area (Å²) in [5, 5.41) is 0. The molecule has 0 atom stereocenters. The van der Waals surface area contributed by atoms with E-state index in [1.807, 2.05) is 39.0 Å². The Morgan fingerprint density at radius 3 is 2.41 bits per heavy atom. The minimum Gasteiger partial charge on any atom is -0.262 e. The second kappa shape index (κ2) is 6.14. The highest BCUT2D eigenvalue weighted by molar-refractivity contribution is 5.64. The summed E-state index contributed by atoms with van der Waals surface area (Å²) < 4.78 is 13.8. The number of hydrogen-bond donors (Lipinski definition) is 0. The van der Waals surface area contributed by atoms with Gasteiger partial charge in [-0.3, -0.25) is 4.98 Å². The van der Waals surface area contributed by atoms with Crippen molar-refractivity contribution in [3.63, 3.8) is 0 Å². The lowest BCUT2D eigenvalue weighted by Gasteiger charge is -2.05. The first-order valence-electron chi connectivity index (χ1n) is 5.86. The SMILES string of the molecule is CC.Cc1cc(-c2cccc(C)c2F)ccn1. The van der Waals surface area contributed by atoms with Gasteiger partial charge in [-0.1, -0.05) is 32.0 Å². The molecule has 2 heteroatoms. The molecule has 90 valence electrons. The smallest absolute Gasteiger partial charge is 0.133 e. The van der Waals surface area contributed by atoms with Gasteiger partial charge in [0.1, 0.15) is 5.82 Å². The Balaban J connectivity index is 0.000000686. The molecule has 17 heavy (non-hydrogen) atoms. The molecule has 0 unspecified atom stereocenters. The van der Waals surface area contributed by atoms with E-state index in [9.17, 15) is 4.39 Å². The molecule has 0 fully saturated rings. The number of halogens is 1. The van der Waals surface area contributed by atoms with Gasteiger partial charge in [0.25, 0.3) is 0 Å². The maximum absolute atomic E-state index is 13.8. The average molecular weight is 231 g/mol. The van der Waals surface area contributed by atoms with Crippen LogP contribution in [0.15, 0.2) is 36.5 Å². The van der Waals surface area contributed by atoms with Crippen molar-refractivity contribution in [2.24, 2.45) is 0 Å². The summed E-state index contributed by atoms with van der Waals surface area (Å²) in [7, 11) is 0. The maximum atomic E-state index is 13.8. The first-order valence-corrected chi connectivity index (χ1v) is 5.86. The zero-order valence-electron chi connectivity index (χ0n) is 10.8. The van der Waals surface area contributed by atoms with E-state index in [0.717, 1.165) is 11.3 Å². The molecule has 0 aliphatic heterocycles. The molecular formula is C15H18FN. The third-order valence-electron chi connectivity index (χ3n) is 2.40. The van der Waals surface area contributed by atoms with Crippen molar-refractivity contribution >= 4 is 0 Å². The van der Waals surface area contributed by atoms with Crippen molar-refractivity contribution in [3.05, 3.63) is 53.6 Å². The Kier molecular flexibility index (Phi) is 4.83. The Bertz CT molecular complexity index is 492. The summed E-state index contributed by atoms with van der Waals surface area (Å²) in [5.41, 5.74) is 3.08. The van der Waals surface area contributed by atoms with Crippen LogP contribution in [0, 0.1) is 19.7 Å². The van der Waals surface area contributed by atoms with Gasteiger partial charge in [0.2, 0.25) is 0 Å². The molecule has 0 spiro atoms. The molecule has 1 aromatic heterocycles. The van der Waals surface area contributed by atoms with Crippen molar-refractivity contribution in [2.75, 3.05) is 0 Å². The lowest BCUT2D eigenvalue weighted by molar-refractivity contribution is 0.622. The molecule has 1 heterocycles. The number of hydrogen-bond acceptors (Lipinski definition) is 1. The lowest BCUT2D eigenvalue weighted by atomic mass is 10.0. The molecule has 0 saturated carbocycles. The summed E-state index contributed by atoms with van der Waals surface area (Å²) in [6, 6.07) is 9.14. The molecule has 1 aromatic carbocycles. The van der Waals surface area contributed by atoms with Gasteiger partial charge in [0.05, 0.1) is 0 Å². The van der Waals surface area contributed by atoms with E-state index in [-0.39, 0.29) is 5.82 Å². The van der Waals surface area contributed by atoms with Crippen molar-refractivity contribution < 1.29 is 4.39 Å². The normalized spacial score (nSPS) is 9.47. The fourth-order valence-electron chi connectivity index (χ4n) is 1.58. The van der Waals surface area contributed by atoms with E-state index < -0.39 is 0 Å². The number of nitrogens with zero attached hydrogens (tertiary/aromatic N) is 1. The van der Waals surface area contributed by atoms with Crippen LogP contribution in [0.1, 0.15) is 25.1 Å². The number of rotatable bonds is 1. The Hall–Kier alpha value is -1.70. The second-order valence-corrected chi connectivity index (χ2v) is 3.62. The van der Waals surface area contributed by atoms with E-state index in [1.165, 1.54) is 0 Å². The fraction of sp³-hybridized carbons (Fsp3) is 0.267. The third-order valence-corrected chi connectivity index (χ3v) is 2.40. The van der Waals surface area contributed by atoms with Crippen molar-refractivity contribution in [3.8, 4) is 11.1 Å². The summed E-state index contributed by atoms with van der Waals surface area (Å²) >= 11 is 0. The Morgan fingerprint density at radius 1 is 1.06 bits per heavy atom. The van der Waals surface area contributed by atoms with Gasteiger partial charge in [-0.25, -0.2) is 4.39 Å². The van der Waals surface area contributed by atoms with Crippen LogP contribution in [0.5, 0.6) is 0 Å². The van der Waals surface area contributed by atoms with Crippen molar-refractivity contribution in [1.29, 1.82) is 0 Å². The highest BCUT2D eigenvalue weighted by Crippen LogP contribution is 2.24. The second-order valence-electron chi connectivity index (χ2n) is 3.62. The molecule has 1 nitrogen and oxygen atoms in total. The molecule has 2 rings (SSSR count). The van der Waals surface area contributed by atoms with E-state index in [1.54, 1.807) is 25.3 Å². The molecule has 0 bridgehead atoms. The molecular weight excluding hydrogens is 213 g/mol. The first kappa shape index (κ1) is 13.4. The van der Waals surface area contributed by atoms with Gasteiger partial charge < -0.3 is 0 Å². The minimum atomic E-state index is -0.150. The average Bonchev–Trinajstić information content (AvgIpc) is 2.35. The van der Waals surface area contributed by atoms with Crippen LogP contribution >= 0.6 is 0 Å². The standard InChI is InChI=1S/C13H12FN.C2H6/c1-9-4-3-5-12(13(9)14)11-6-7-15-10(2)8-11;1-2/h3-8H,1-2H3;1-2H3. The van der Waals surface area contributed by atoms with Crippen molar-refractivity contribution in [2.45, 2.75) is 27.7 Å². The predicted molar refractivity (Wildman–Crippen MR) is 70.5 cm³/mol. The van der Waals surface area contributed by atoms with E-state index in [4.69, 9.17) is 0 Å². The predicted octanol–water partition coefficient (Wildman–Crippen LogP) is 4.53. The van der Waals surface area contributed by atoms with Gasteiger partial charge >= 0.3 is 0 Å². The zero-order valence-corrected chi connectivity index (χ0v) is 10.8. The third kappa shape index (κ3) is 3.13. The van der Waals surface area contributed by atoms with E-state index >= 15 is 0 Å². The summed E-state index contributed by atoms with van der Waals surface area (Å²) in [5.74, 6) is -0.150. The van der Waals surface area contributed by atoms with Gasteiger partial charge in [-0.05, 0) is 37.1 Å². The molecule has 0 aliphatic carbocycles. The van der Waals surface area contributed by atoms with Gasteiger partial charge in [-0.15, -0.1) is 0 Å². The van der Waals surface area contributed by atoms with Gasteiger partial charge in [0, 0.05) is 17.5 Å². The molecule has 0 radical (unpaired) electrons. The minimum absolute atomic E-state index is 0.150. The van der Waals surface area contributed by atoms with Crippen LogP contribution in [0.2, 0.25) is 0 Å². The topological polar surface area (TPSA) is 12.9 Å².